The van der Waals surface area contributed by atoms with Gasteiger partial charge < -0.3 is 5.32 Å². The van der Waals surface area contributed by atoms with Crippen LogP contribution in [-0.4, -0.2) is 20.7 Å². The lowest BCUT2D eigenvalue weighted by atomic mass is 10.1. The Morgan fingerprint density at radius 3 is 2.47 bits per heavy atom. The highest BCUT2D eigenvalue weighted by molar-refractivity contribution is 7.13. The highest BCUT2D eigenvalue weighted by Gasteiger charge is 2.30. The van der Waals surface area contributed by atoms with Crippen molar-refractivity contribution in [3.63, 3.8) is 0 Å². The fraction of sp³-hybridized carbons (Fsp3) is 0.0952. The molecule has 9 heteroatoms. The standard InChI is InChI=1S/C21H15F3N4OS/c22-21(23,24)15-8-6-14(7-9-15)20-25-16(13-30-20)12-19(29)26-18-10-11-28(27-18)17-4-2-1-3-5-17/h1-11,13H,12H2,(H,26,27,29). The van der Waals surface area contributed by atoms with Crippen molar-refractivity contribution < 1.29 is 18.0 Å². The van der Waals surface area contributed by atoms with Crippen molar-refractivity contribution in [3.8, 4) is 16.3 Å². The summed E-state index contributed by atoms with van der Waals surface area (Å²) in [5.41, 5.74) is 1.27. The molecule has 0 aliphatic rings. The lowest BCUT2D eigenvalue weighted by molar-refractivity contribution is -0.137. The van der Waals surface area contributed by atoms with Gasteiger partial charge in [-0.3, -0.25) is 4.79 Å². The molecule has 0 fully saturated rings. The molecule has 1 amide bonds. The Labute approximate surface area is 173 Å². The molecule has 0 bridgehead atoms. The van der Waals surface area contributed by atoms with Crippen LogP contribution in [0.1, 0.15) is 11.3 Å². The van der Waals surface area contributed by atoms with Crippen LogP contribution in [0.25, 0.3) is 16.3 Å². The van der Waals surface area contributed by atoms with Crippen LogP contribution >= 0.6 is 11.3 Å². The van der Waals surface area contributed by atoms with E-state index in [0.717, 1.165) is 17.8 Å². The third-order valence-corrected chi connectivity index (χ3v) is 5.17. The minimum atomic E-state index is -4.38. The average molecular weight is 428 g/mol. The van der Waals surface area contributed by atoms with Crippen molar-refractivity contribution in [1.29, 1.82) is 0 Å². The molecule has 2 aromatic heterocycles. The maximum absolute atomic E-state index is 12.7. The molecular formula is C21H15F3N4OS. The van der Waals surface area contributed by atoms with Gasteiger partial charge in [-0.25, -0.2) is 9.67 Å². The molecule has 0 atom stereocenters. The summed E-state index contributed by atoms with van der Waals surface area (Å²) in [6, 6.07) is 16.0. The van der Waals surface area contributed by atoms with E-state index in [9.17, 15) is 18.0 Å². The van der Waals surface area contributed by atoms with Crippen LogP contribution in [0, 0.1) is 0 Å². The maximum atomic E-state index is 12.7. The van der Waals surface area contributed by atoms with Crippen molar-refractivity contribution in [2.24, 2.45) is 0 Å². The number of para-hydroxylation sites is 1. The van der Waals surface area contributed by atoms with Gasteiger partial charge >= 0.3 is 6.18 Å². The van der Waals surface area contributed by atoms with Crippen molar-refractivity contribution >= 4 is 23.1 Å². The molecule has 4 rings (SSSR count). The third-order valence-electron chi connectivity index (χ3n) is 4.23. The first kappa shape index (κ1) is 19.8. The SMILES string of the molecule is O=C(Cc1csc(-c2ccc(C(F)(F)F)cc2)n1)Nc1ccn(-c2ccccc2)n1. The van der Waals surface area contributed by atoms with Crippen LogP contribution < -0.4 is 5.32 Å². The summed E-state index contributed by atoms with van der Waals surface area (Å²) in [5, 5.41) is 9.31. The zero-order valence-electron chi connectivity index (χ0n) is 15.4. The van der Waals surface area contributed by atoms with Gasteiger partial charge in [-0.2, -0.15) is 18.3 Å². The van der Waals surface area contributed by atoms with Crippen molar-refractivity contribution in [1.82, 2.24) is 14.8 Å². The van der Waals surface area contributed by atoms with Gasteiger partial charge in [0.1, 0.15) is 5.01 Å². The van der Waals surface area contributed by atoms with E-state index in [0.29, 0.717) is 22.1 Å². The average Bonchev–Trinajstić information content (AvgIpc) is 3.38. The molecule has 152 valence electrons. The highest BCUT2D eigenvalue weighted by Crippen LogP contribution is 2.31. The monoisotopic (exact) mass is 428 g/mol. The second kappa shape index (κ2) is 8.11. The molecule has 0 saturated heterocycles. The zero-order chi connectivity index (χ0) is 21.1. The van der Waals surface area contributed by atoms with Crippen LogP contribution in [-0.2, 0) is 17.4 Å². The number of benzene rings is 2. The Balaban J connectivity index is 1.39. The van der Waals surface area contributed by atoms with E-state index in [1.54, 1.807) is 22.3 Å². The molecule has 2 aromatic carbocycles. The van der Waals surface area contributed by atoms with Gasteiger partial charge in [-0.1, -0.05) is 30.3 Å². The van der Waals surface area contributed by atoms with Gasteiger partial charge in [0.25, 0.3) is 0 Å². The summed E-state index contributed by atoms with van der Waals surface area (Å²) in [6.07, 6.45) is -2.59. The maximum Gasteiger partial charge on any atom is 0.416 e. The first-order chi connectivity index (χ1) is 14.4. The van der Waals surface area contributed by atoms with E-state index in [1.165, 1.54) is 23.5 Å². The second-order valence-corrected chi connectivity index (χ2v) is 7.28. The van der Waals surface area contributed by atoms with E-state index in [2.05, 4.69) is 15.4 Å². The van der Waals surface area contributed by atoms with Gasteiger partial charge in [-0.15, -0.1) is 11.3 Å². The van der Waals surface area contributed by atoms with E-state index in [4.69, 9.17) is 0 Å². The van der Waals surface area contributed by atoms with Gasteiger partial charge in [0, 0.05) is 23.2 Å². The summed E-state index contributed by atoms with van der Waals surface area (Å²) in [4.78, 5) is 16.7. The summed E-state index contributed by atoms with van der Waals surface area (Å²) in [7, 11) is 0. The molecular weight excluding hydrogens is 413 g/mol. The molecule has 2 heterocycles. The molecule has 0 saturated carbocycles. The minimum absolute atomic E-state index is 0.0370. The number of rotatable bonds is 5. The number of halogens is 3. The lowest BCUT2D eigenvalue weighted by Gasteiger charge is -2.06. The molecule has 4 aromatic rings. The smallest absolute Gasteiger partial charge is 0.309 e. The largest absolute Gasteiger partial charge is 0.416 e. The number of aromatic nitrogens is 3. The van der Waals surface area contributed by atoms with Gasteiger partial charge in [0.05, 0.1) is 23.4 Å². The number of thiazole rings is 1. The number of hydrogen-bond acceptors (Lipinski definition) is 4. The van der Waals surface area contributed by atoms with Crippen molar-refractivity contribution in [2.75, 3.05) is 5.32 Å². The molecule has 30 heavy (non-hydrogen) atoms. The van der Waals surface area contributed by atoms with E-state index in [1.807, 2.05) is 30.3 Å². The quantitative estimate of drug-likeness (QED) is 0.476. The van der Waals surface area contributed by atoms with Gasteiger partial charge in [0.15, 0.2) is 5.82 Å². The van der Waals surface area contributed by atoms with Crippen LogP contribution in [0.4, 0.5) is 19.0 Å². The fourth-order valence-electron chi connectivity index (χ4n) is 2.79. The van der Waals surface area contributed by atoms with Crippen LogP contribution in [0.5, 0.6) is 0 Å². The molecule has 0 spiro atoms. The van der Waals surface area contributed by atoms with E-state index >= 15 is 0 Å². The summed E-state index contributed by atoms with van der Waals surface area (Å²) < 4.78 is 39.7. The van der Waals surface area contributed by atoms with Crippen LogP contribution in [0.15, 0.2) is 72.2 Å². The van der Waals surface area contributed by atoms with Crippen molar-refractivity contribution in [2.45, 2.75) is 12.6 Å². The summed E-state index contributed by atoms with van der Waals surface area (Å²) in [6.45, 7) is 0. The second-order valence-electron chi connectivity index (χ2n) is 6.43. The fourth-order valence-corrected chi connectivity index (χ4v) is 3.62. The molecule has 0 aliphatic carbocycles. The van der Waals surface area contributed by atoms with Crippen LogP contribution in [0.3, 0.4) is 0 Å². The Bertz CT molecular complexity index is 1150. The normalized spacial score (nSPS) is 11.4. The number of nitrogens with zero attached hydrogens (tertiary/aromatic N) is 3. The van der Waals surface area contributed by atoms with Gasteiger partial charge in [-0.05, 0) is 24.3 Å². The summed E-state index contributed by atoms with van der Waals surface area (Å²) >= 11 is 1.27. The summed E-state index contributed by atoms with van der Waals surface area (Å²) in [5.74, 6) is 0.139. The predicted octanol–water partition coefficient (Wildman–Crippen LogP) is 5.20. The van der Waals surface area contributed by atoms with E-state index < -0.39 is 11.7 Å². The Morgan fingerprint density at radius 2 is 1.77 bits per heavy atom. The lowest BCUT2D eigenvalue weighted by Crippen LogP contribution is -2.15. The van der Waals surface area contributed by atoms with Crippen molar-refractivity contribution in [3.05, 3.63) is 83.5 Å². The number of carbonyl (C=O) groups is 1. The highest BCUT2D eigenvalue weighted by atomic mass is 32.1. The third kappa shape index (κ3) is 4.57. The molecule has 0 aliphatic heterocycles. The topological polar surface area (TPSA) is 59.8 Å². The first-order valence-electron chi connectivity index (χ1n) is 8.91. The number of anilines is 1. The number of alkyl halides is 3. The molecule has 5 nitrogen and oxygen atoms in total. The number of amides is 1. The molecule has 0 unspecified atom stereocenters. The number of carbonyl (C=O) groups excluding carboxylic acids is 1. The minimum Gasteiger partial charge on any atom is -0.309 e. The Morgan fingerprint density at radius 1 is 1.03 bits per heavy atom. The molecule has 1 N–H and O–H groups in total. The predicted molar refractivity (Wildman–Crippen MR) is 108 cm³/mol. The zero-order valence-corrected chi connectivity index (χ0v) is 16.2. The van der Waals surface area contributed by atoms with Crippen LogP contribution in [0.2, 0.25) is 0 Å². The number of hydrogen-bond donors (Lipinski definition) is 1. The Kier molecular flexibility index (Phi) is 5.37. The van der Waals surface area contributed by atoms with E-state index in [-0.39, 0.29) is 12.3 Å². The first-order valence-corrected chi connectivity index (χ1v) is 9.79. The number of nitrogens with one attached hydrogen (secondary N) is 1. The molecule has 0 radical (unpaired) electrons. The Hall–Kier alpha value is -3.46. The van der Waals surface area contributed by atoms with Gasteiger partial charge in [0.2, 0.25) is 5.91 Å².